The van der Waals surface area contributed by atoms with E-state index in [1.165, 1.54) is 7.11 Å². The first-order chi connectivity index (χ1) is 15.7. The molecule has 0 amide bonds. The Balaban J connectivity index is 2.26. The number of carbonyl (C=O) groups excluding carboxylic acids is 1. The van der Waals surface area contributed by atoms with E-state index in [9.17, 15) is 9.90 Å². The number of esters is 1. The summed E-state index contributed by atoms with van der Waals surface area (Å²) < 4.78 is 24.4. The quantitative estimate of drug-likeness (QED) is 0.343. The molecule has 2 rings (SSSR count). The molecule has 1 unspecified atom stereocenters. The van der Waals surface area contributed by atoms with Crippen molar-refractivity contribution in [2.45, 2.75) is 116 Å². The molecule has 5 atom stereocenters. The third-order valence-electron chi connectivity index (χ3n) is 7.74. The number of benzene rings is 1. The van der Waals surface area contributed by atoms with Crippen LogP contribution in [0, 0.1) is 5.41 Å². The van der Waals surface area contributed by atoms with Crippen LogP contribution >= 0.6 is 0 Å². The number of aliphatic hydroxyl groups excluding tert-OH is 1. The highest BCUT2D eigenvalue weighted by Crippen LogP contribution is 2.46. The summed E-state index contributed by atoms with van der Waals surface area (Å²) in [5, 5.41) is 10.7. The van der Waals surface area contributed by atoms with Gasteiger partial charge in [0.15, 0.2) is 14.4 Å². The predicted molar refractivity (Wildman–Crippen MR) is 137 cm³/mol. The van der Waals surface area contributed by atoms with Crippen LogP contribution in [0.4, 0.5) is 0 Å². The van der Waals surface area contributed by atoms with E-state index in [-0.39, 0.29) is 28.8 Å². The van der Waals surface area contributed by atoms with Crippen LogP contribution in [0.2, 0.25) is 18.1 Å². The lowest BCUT2D eigenvalue weighted by atomic mass is 9.73. The molecule has 6 nitrogen and oxygen atoms in total. The van der Waals surface area contributed by atoms with Crippen molar-refractivity contribution >= 4 is 14.3 Å². The average molecular weight is 495 g/mol. The summed E-state index contributed by atoms with van der Waals surface area (Å²) in [5.74, 6) is -0.679. The summed E-state index contributed by atoms with van der Waals surface area (Å²) in [6.45, 7) is 18.1. The van der Waals surface area contributed by atoms with Crippen LogP contribution in [0.15, 0.2) is 30.3 Å². The van der Waals surface area contributed by atoms with Gasteiger partial charge < -0.3 is 23.7 Å². The van der Waals surface area contributed by atoms with E-state index in [1.807, 2.05) is 18.2 Å². The van der Waals surface area contributed by atoms with Crippen molar-refractivity contribution in [2.24, 2.45) is 5.41 Å². The summed E-state index contributed by atoms with van der Waals surface area (Å²) in [4.78, 5) is 12.2. The summed E-state index contributed by atoms with van der Waals surface area (Å²) in [6, 6.07) is 10.1. The van der Waals surface area contributed by atoms with Crippen molar-refractivity contribution in [1.29, 1.82) is 0 Å². The Morgan fingerprint density at radius 2 is 1.85 bits per heavy atom. The molecule has 1 heterocycles. The number of carbonyl (C=O) groups is 1. The Kier molecular flexibility index (Phi) is 9.93. The maximum atomic E-state index is 12.2. The Morgan fingerprint density at radius 3 is 2.38 bits per heavy atom. The highest BCUT2D eigenvalue weighted by molar-refractivity contribution is 6.74. The molecule has 194 valence electrons. The SMILES string of the molecule is CC[C@@H](CC1O[C@H]([C@H](O)C(=O)OC)C[C@@H](O[Si](C)(C)C(C)(C)C)C1(C)C)OCc1ccccc1. The molecule has 7 heteroatoms. The number of rotatable bonds is 10. The molecule has 1 aromatic carbocycles. The molecule has 1 N–H and O–H groups in total. The number of methoxy groups -OCH3 is 1. The van der Waals surface area contributed by atoms with Crippen LogP contribution in [-0.2, 0) is 30.0 Å². The summed E-state index contributed by atoms with van der Waals surface area (Å²) >= 11 is 0. The molecular formula is C27H46O6Si. The van der Waals surface area contributed by atoms with E-state index in [1.54, 1.807) is 0 Å². The van der Waals surface area contributed by atoms with Gasteiger partial charge in [-0.25, -0.2) is 4.79 Å². The van der Waals surface area contributed by atoms with E-state index in [0.29, 0.717) is 19.4 Å². The first-order valence-corrected chi connectivity index (χ1v) is 15.4. The van der Waals surface area contributed by atoms with Crippen LogP contribution in [0.25, 0.3) is 0 Å². The van der Waals surface area contributed by atoms with Gasteiger partial charge in [0.05, 0.1) is 38.1 Å². The highest BCUT2D eigenvalue weighted by Gasteiger charge is 2.52. The fraction of sp³-hybridized carbons (Fsp3) is 0.741. The van der Waals surface area contributed by atoms with Gasteiger partial charge in [-0.05, 0) is 30.1 Å². The molecule has 0 aromatic heterocycles. The highest BCUT2D eigenvalue weighted by atomic mass is 28.4. The Morgan fingerprint density at radius 1 is 1.24 bits per heavy atom. The van der Waals surface area contributed by atoms with Gasteiger partial charge in [-0.1, -0.05) is 71.9 Å². The third-order valence-corrected chi connectivity index (χ3v) is 12.2. The molecule has 1 saturated heterocycles. The first kappa shape index (κ1) is 29.0. The molecule has 0 saturated carbocycles. The van der Waals surface area contributed by atoms with E-state index >= 15 is 0 Å². The normalized spacial score (nSPS) is 24.9. The van der Waals surface area contributed by atoms with Gasteiger partial charge in [-0.2, -0.15) is 0 Å². The van der Waals surface area contributed by atoms with E-state index in [4.69, 9.17) is 18.6 Å². The van der Waals surface area contributed by atoms with Gasteiger partial charge in [0, 0.05) is 18.3 Å². The second kappa shape index (κ2) is 11.7. The number of aliphatic hydroxyl groups is 1. The summed E-state index contributed by atoms with van der Waals surface area (Å²) in [6.07, 6.45) is -0.547. The topological polar surface area (TPSA) is 74.2 Å². The molecule has 34 heavy (non-hydrogen) atoms. The predicted octanol–water partition coefficient (Wildman–Crippen LogP) is 5.48. The maximum Gasteiger partial charge on any atom is 0.337 e. The lowest BCUT2D eigenvalue weighted by molar-refractivity contribution is -0.211. The minimum atomic E-state index is -2.10. The zero-order valence-electron chi connectivity index (χ0n) is 22.6. The third kappa shape index (κ3) is 7.14. The maximum absolute atomic E-state index is 12.2. The van der Waals surface area contributed by atoms with E-state index in [0.717, 1.165) is 12.0 Å². The first-order valence-electron chi connectivity index (χ1n) is 12.5. The van der Waals surface area contributed by atoms with Gasteiger partial charge >= 0.3 is 5.97 Å². The van der Waals surface area contributed by atoms with Crippen LogP contribution in [-0.4, -0.2) is 57.0 Å². The second-order valence-electron chi connectivity index (χ2n) is 11.6. The Labute approximate surface area is 207 Å². The Hall–Kier alpha value is -1.25. The molecule has 0 bridgehead atoms. The van der Waals surface area contributed by atoms with Crippen LogP contribution in [0.3, 0.4) is 0 Å². The minimum Gasteiger partial charge on any atom is -0.467 e. The lowest BCUT2D eigenvalue weighted by Crippen LogP contribution is -2.59. The van der Waals surface area contributed by atoms with E-state index in [2.05, 4.69) is 66.8 Å². The lowest BCUT2D eigenvalue weighted by Gasteiger charge is -2.52. The van der Waals surface area contributed by atoms with Crippen molar-refractivity contribution < 1.29 is 28.5 Å². The fourth-order valence-electron chi connectivity index (χ4n) is 4.11. The van der Waals surface area contributed by atoms with Crippen molar-refractivity contribution in [3.63, 3.8) is 0 Å². The zero-order valence-corrected chi connectivity index (χ0v) is 23.6. The van der Waals surface area contributed by atoms with Gasteiger partial charge in [-0.3, -0.25) is 0 Å². The molecule has 1 aliphatic rings. The Bertz CT molecular complexity index is 773. The van der Waals surface area contributed by atoms with Crippen molar-refractivity contribution in [2.75, 3.05) is 7.11 Å². The van der Waals surface area contributed by atoms with Crippen LogP contribution in [0.5, 0.6) is 0 Å². The largest absolute Gasteiger partial charge is 0.467 e. The monoisotopic (exact) mass is 494 g/mol. The van der Waals surface area contributed by atoms with Crippen LogP contribution in [0.1, 0.15) is 66.4 Å². The smallest absolute Gasteiger partial charge is 0.337 e. The van der Waals surface area contributed by atoms with Crippen molar-refractivity contribution in [3.05, 3.63) is 35.9 Å². The van der Waals surface area contributed by atoms with Gasteiger partial charge in [0.1, 0.15) is 0 Å². The summed E-state index contributed by atoms with van der Waals surface area (Å²) in [5.41, 5.74) is 0.800. The molecule has 1 aliphatic heterocycles. The van der Waals surface area contributed by atoms with Gasteiger partial charge in [0.25, 0.3) is 0 Å². The van der Waals surface area contributed by atoms with Gasteiger partial charge in [-0.15, -0.1) is 0 Å². The molecule has 0 aliphatic carbocycles. The van der Waals surface area contributed by atoms with Crippen LogP contribution < -0.4 is 0 Å². The molecule has 1 fully saturated rings. The minimum absolute atomic E-state index is 0.0213. The average Bonchev–Trinajstić information content (AvgIpc) is 2.77. The number of hydrogen-bond donors (Lipinski definition) is 1. The van der Waals surface area contributed by atoms with Crippen molar-refractivity contribution in [3.8, 4) is 0 Å². The van der Waals surface area contributed by atoms with E-state index < -0.39 is 26.5 Å². The zero-order chi connectivity index (χ0) is 25.7. The standard InChI is InChI=1S/C27H46O6Si/c1-10-20(31-18-19-14-12-11-13-15-19)16-22-27(5,6)23(33-34(8,9)26(2,3)4)17-21(32-22)24(28)25(29)30-7/h11-15,20-24,28H,10,16-18H2,1-9H3/t20-,21-,22?,23+,24-/m0/s1. The summed E-state index contributed by atoms with van der Waals surface area (Å²) in [7, 11) is -0.821. The van der Waals surface area contributed by atoms with Gasteiger partial charge in [0.2, 0.25) is 0 Å². The molecule has 0 spiro atoms. The van der Waals surface area contributed by atoms with Crippen molar-refractivity contribution in [1.82, 2.24) is 0 Å². The second-order valence-corrected chi connectivity index (χ2v) is 16.4. The molecule has 0 radical (unpaired) electrons. The fourth-order valence-corrected chi connectivity index (χ4v) is 5.58. The molecular weight excluding hydrogens is 448 g/mol. The number of ether oxygens (including phenoxy) is 3. The molecule has 1 aromatic rings. The number of hydrogen-bond acceptors (Lipinski definition) is 6.